The van der Waals surface area contributed by atoms with Crippen LogP contribution in [0.25, 0.3) is 16.7 Å². The van der Waals surface area contributed by atoms with Crippen LogP contribution in [0.3, 0.4) is 0 Å². The van der Waals surface area contributed by atoms with Gasteiger partial charge in [-0.2, -0.15) is 5.10 Å². The highest BCUT2D eigenvalue weighted by molar-refractivity contribution is 9.10. The number of benzene rings is 2. The highest BCUT2D eigenvalue weighted by Gasteiger charge is 2.39. The Bertz CT molecular complexity index is 2340. The lowest BCUT2D eigenvalue weighted by molar-refractivity contribution is -0.137. The third-order valence-corrected chi connectivity index (χ3v) is 10.6. The number of nitrogens with one attached hydrogen (secondary N) is 5. The van der Waals surface area contributed by atoms with Gasteiger partial charge in [0.05, 0.1) is 73.6 Å². The van der Waals surface area contributed by atoms with Crippen LogP contribution in [-0.2, 0) is 36.9 Å². The number of halogens is 2. The van der Waals surface area contributed by atoms with Gasteiger partial charge in [-0.3, -0.25) is 29.5 Å². The lowest BCUT2D eigenvalue weighted by Crippen LogP contribution is -2.52. The molecule has 5 aromatic rings. The topological polar surface area (TPSA) is 194 Å². The van der Waals surface area contributed by atoms with Gasteiger partial charge >= 0.3 is 0 Å². The Labute approximate surface area is 347 Å². The first-order chi connectivity index (χ1) is 28.1. The van der Waals surface area contributed by atoms with Crippen molar-refractivity contribution in [3.8, 4) is 5.82 Å². The minimum Gasteiger partial charge on any atom is -0.382 e. The summed E-state index contributed by atoms with van der Waals surface area (Å²) in [6.45, 7) is 4.87. The van der Waals surface area contributed by atoms with Gasteiger partial charge in [0.2, 0.25) is 17.7 Å². The van der Waals surface area contributed by atoms with Gasteiger partial charge in [-0.05, 0) is 55.3 Å². The third kappa shape index (κ3) is 9.73. The molecule has 4 amide bonds. The Balaban J connectivity index is 0.758. The molecule has 1 saturated heterocycles. The Morgan fingerprint density at radius 2 is 1.83 bits per heavy atom. The normalized spacial score (nSPS) is 15.1. The highest BCUT2D eigenvalue weighted by atomic mass is 79.9. The first-order valence-electron chi connectivity index (χ1n) is 18.8. The fourth-order valence-corrected chi connectivity index (χ4v) is 7.38. The summed E-state index contributed by atoms with van der Waals surface area (Å²) in [6.07, 6.45) is 7.62. The van der Waals surface area contributed by atoms with Crippen LogP contribution in [0.15, 0.2) is 71.7 Å². The monoisotopic (exact) mass is 872 g/mol. The lowest BCUT2D eigenvalue weighted by atomic mass is 10.0. The maximum Gasteiger partial charge on any atom is 0.255 e. The summed E-state index contributed by atoms with van der Waals surface area (Å²) >= 11 is 10.1. The number of rotatable bonds is 18. The van der Waals surface area contributed by atoms with E-state index in [0.717, 1.165) is 49.1 Å². The maximum atomic E-state index is 13.0. The fraction of sp³-hybridized carbons (Fsp3) is 0.325. The molecule has 58 heavy (non-hydrogen) atoms. The summed E-state index contributed by atoms with van der Waals surface area (Å²) in [5, 5.41) is 21.0. The molecule has 0 radical (unpaired) electrons. The van der Waals surface area contributed by atoms with Crippen molar-refractivity contribution < 1.29 is 28.7 Å². The fourth-order valence-electron chi connectivity index (χ4n) is 6.77. The lowest BCUT2D eigenvalue weighted by Gasteiger charge is -2.29. The van der Waals surface area contributed by atoms with E-state index < -0.39 is 11.9 Å². The number of aromatic nitrogens is 4. The summed E-state index contributed by atoms with van der Waals surface area (Å²) in [4.78, 5) is 59.9. The highest BCUT2D eigenvalue weighted by Crippen LogP contribution is 2.32. The predicted octanol–water partition coefficient (Wildman–Crippen LogP) is 4.93. The van der Waals surface area contributed by atoms with Crippen molar-refractivity contribution in [2.75, 3.05) is 55.6 Å². The van der Waals surface area contributed by atoms with E-state index in [1.165, 1.54) is 4.90 Å². The molecule has 0 aliphatic carbocycles. The first-order valence-corrected chi connectivity index (χ1v) is 20.0. The maximum absolute atomic E-state index is 13.0. The SMILES string of the molecule is Cc1c(NCNc2cnc(-n3cc(CNC(=O)CCOCCOCCNc4cccc5c4CN(C4CCC(=O)NC4=O)C5=O)cn3)c(Cl)c2)cnc2ccc(Br)cc12. The van der Waals surface area contributed by atoms with Crippen molar-refractivity contribution in [1.29, 1.82) is 0 Å². The van der Waals surface area contributed by atoms with E-state index in [1.54, 1.807) is 41.5 Å². The van der Waals surface area contributed by atoms with Crippen LogP contribution in [0.1, 0.15) is 46.3 Å². The van der Waals surface area contributed by atoms with Crippen LogP contribution < -0.4 is 26.6 Å². The van der Waals surface area contributed by atoms with Crippen molar-refractivity contribution in [3.05, 3.63) is 99.0 Å². The number of hydrogen-bond donors (Lipinski definition) is 5. The van der Waals surface area contributed by atoms with Crippen molar-refractivity contribution in [2.24, 2.45) is 0 Å². The zero-order valence-corrected chi connectivity index (χ0v) is 34.0. The summed E-state index contributed by atoms with van der Waals surface area (Å²) in [5.74, 6) is -0.671. The van der Waals surface area contributed by atoms with Crippen molar-refractivity contribution >= 4 is 79.1 Å². The summed E-state index contributed by atoms with van der Waals surface area (Å²) < 4.78 is 13.8. The predicted molar refractivity (Wildman–Crippen MR) is 222 cm³/mol. The van der Waals surface area contributed by atoms with Crippen LogP contribution in [-0.4, -0.2) is 94.0 Å². The summed E-state index contributed by atoms with van der Waals surface area (Å²) in [6, 6.07) is 12.6. The van der Waals surface area contributed by atoms with Gasteiger partial charge in [0.15, 0.2) is 5.82 Å². The van der Waals surface area contributed by atoms with Gasteiger partial charge in [0.1, 0.15) is 6.04 Å². The summed E-state index contributed by atoms with van der Waals surface area (Å²) in [7, 11) is 0. The summed E-state index contributed by atoms with van der Waals surface area (Å²) in [5.41, 5.74) is 6.62. The smallest absolute Gasteiger partial charge is 0.255 e. The number of carbonyl (C=O) groups is 4. The molecule has 0 saturated carbocycles. The quantitative estimate of drug-likeness (QED) is 0.0454. The average molecular weight is 874 g/mol. The number of nitrogens with zero attached hydrogens (tertiary/aromatic N) is 5. The molecule has 1 atom stereocenters. The molecule has 2 aliphatic heterocycles. The molecule has 2 aromatic carbocycles. The molecule has 5 heterocycles. The first kappa shape index (κ1) is 40.6. The van der Waals surface area contributed by atoms with E-state index in [1.807, 2.05) is 24.4 Å². The number of ether oxygens (including phenoxy) is 2. The van der Waals surface area contributed by atoms with Gasteiger partial charge < -0.3 is 35.6 Å². The molecule has 16 nitrogen and oxygen atoms in total. The molecular weight excluding hydrogens is 832 g/mol. The number of pyridine rings is 2. The second-order valence-corrected chi connectivity index (χ2v) is 15.0. The van der Waals surface area contributed by atoms with E-state index in [9.17, 15) is 19.2 Å². The van der Waals surface area contributed by atoms with Gasteiger partial charge in [-0.1, -0.05) is 33.6 Å². The van der Waals surface area contributed by atoms with Gasteiger partial charge in [-0.25, -0.2) is 9.67 Å². The van der Waals surface area contributed by atoms with E-state index in [4.69, 9.17) is 21.1 Å². The number of aryl methyl sites for hydroxylation is 1. The van der Waals surface area contributed by atoms with Crippen molar-refractivity contribution in [2.45, 2.75) is 45.3 Å². The molecule has 7 rings (SSSR count). The van der Waals surface area contributed by atoms with Crippen molar-refractivity contribution in [3.63, 3.8) is 0 Å². The number of imide groups is 1. The second kappa shape index (κ2) is 18.8. The van der Waals surface area contributed by atoms with E-state index in [2.05, 4.69) is 70.6 Å². The third-order valence-electron chi connectivity index (χ3n) is 9.82. The molecule has 0 bridgehead atoms. The molecule has 302 valence electrons. The number of anilines is 3. The Morgan fingerprint density at radius 1 is 0.983 bits per heavy atom. The molecular formula is C40H42BrClN10O6. The molecule has 0 spiro atoms. The Hall–Kier alpha value is -5.62. The molecule has 1 unspecified atom stereocenters. The molecule has 2 aliphatic rings. The molecule has 18 heteroatoms. The van der Waals surface area contributed by atoms with E-state index in [-0.39, 0.29) is 43.7 Å². The van der Waals surface area contributed by atoms with Crippen LogP contribution >= 0.6 is 27.5 Å². The number of hydrogen-bond acceptors (Lipinski definition) is 12. The molecule has 1 fully saturated rings. The Morgan fingerprint density at radius 3 is 2.66 bits per heavy atom. The minimum atomic E-state index is -0.662. The second-order valence-electron chi connectivity index (χ2n) is 13.7. The molecule has 3 aromatic heterocycles. The van der Waals surface area contributed by atoms with Crippen LogP contribution in [0.4, 0.5) is 17.1 Å². The zero-order valence-electron chi connectivity index (χ0n) is 31.6. The average Bonchev–Trinajstić information content (AvgIpc) is 3.82. The largest absolute Gasteiger partial charge is 0.382 e. The van der Waals surface area contributed by atoms with Gasteiger partial charge in [-0.15, -0.1) is 0 Å². The number of amides is 4. The van der Waals surface area contributed by atoms with Crippen LogP contribution in [0.5, 0.6) is 0 Å². The zero-order chi connectivity index (χ0) is 40.6. The Kier molecular flexibility index (Phi) is 13.1. The number of fused-ring (bicyclic) bond motifs is 2. The van der Waals surface area contributed by atoms with E-state index >= 15 is 0 Å². The number of carbonyl (C=O) groups excluding carboxylic acids is 4. The number of piperidine rings is 1. The van der Waals surface area contributed by atoms with E-state index in [0.29, 0.717) is 62.4 Å². The standard InChI is InChI=1S/C40H42BrClN10O6/c1-24-29-15-26(41)5-6-33(29)44-20-34(24)48-23-47-27-16-31(42)38(46-19-27)52-21-25(18-49-52)17-45-36(53)9-11-57-13-14-58-12-10-43-32-4-2-3-28-30(32)22-51(40(28)56)35-7-8-37(54)50-39(35)55/h2-6,15-16,18-21,35,43,47-48H,7-14,17,22-23H2,1H3,(H,45,53)(H,50,54,55). The van der Waals surface area contributed by atoms with Crippen molar-refractivity contribution in [1.82, 2.24) is 35.3 Å². The van der Waals surface area contributed by atoms with Gasteiger partial charge in [0, 0.05) is 70.9 Å². The van der Waals surface area contributed by atoms with Crippen LogP contribution in [0.2, 0.25) is 5.02 Å². The van der Waals surface area contributed by atoms with Crippen LogP contribution in [0, 0.1) is 6.92 Å². The van der Waals surface area contributed by atoms with Gasteiger partial charge in [0.25, 0.3) is 5.91 Å². The molecule has 5 N–H and O–H groups in total. The minimum absolute atomic E-state index is 0.161.